The molecule has 0 saturated carbocycles. The van der Waals surface area contributed by atoms with E-state index in [0.717, 1.165) is 5.01 Å². The van der Waals surface area contributed by atoms with E-state index in [1.165, 1.54) is 18.2 Å². The Labute approximate surface area is 180 Å². The molecular formula is C21H16FN5O5. The maximum Gasteiger partial charge on any atom is 0.274 e. The van der Waals surface area contributed by atoms with Gasteiger partial charge in [-0.3, -0.25) is 9.59 Å². The molecule has 32 heavy (non-hydrogen) atoms. The van der Waals surface area contributed by atoms with Crippen molar-refractivity contribution in [1.29, 1.82) is 0 Å². The van der Waals surface area contributed by atoms with Gasteiger partial charge in [0, 0.05) is 18.4 Å². The third kappa shape index (κ3) is 3.87. The molecule has 0 atom stereocenters. The van der Waals surface area contributed by atoms with E-state index in [4.69, 9.17) is 14.0 Å². The lowest BCUT2D eigenvalue weighted by Crippen LogP contribution is -2.38. The Hall–Kier alpha value is -4.28. The third-order valence-electron chi connectivity index (χ3n) is 4.85. The Kier molecular flexibility index (Phi) is 4.98. The number of benzene rings is 2. The summed E-state index contributed by atoms with van der Waals surface area (Å²) < 4.78 is 29.7. The van der Waals surface area contributed by atoms with Crippen molar-refractivity contribution in [3.63, 3.8) is 0 Å². The van der Waals surface area contributed by atoms with Crippen LogP contribution in [0.5, 0.6) is 11.5 Å². The van der Waals surface area contributed by atoms with E-state index in [9.17, 15) is 14.0 Å². The molecule has 3 aromatic rings. The van der Waals surface area contributed by atoms with Crippen LogP contribution in [-0.4, -0.2) is 46.0 Å². The van der Waals surface area contributed by atoms with Gasteiger partial charge in [0.1, 0.15) is 18.1 Å². The molecule has 0 saturated heterocycles. The fourth-order valence-corrected chi connectivity index (χ4v) is 3.26. The van der Waals surface area contributed by atoms with Gasteiger partial charge in [0.15, 0.2) is 11.5 Å². The van der Waals surface area contributed by atoms with Crippen molar-refractivity contribution in [2.45, 2.75) is 12.8 Å². The lowest BCUT2D eigenvalue weighted by molar-refractivity contribution is -0.135. The van der Waals surface area contributed by atoms with Gasteiger partial charge in [0.05, 0.1) is 5.69 Å². The van der Waals surface area contributed by atoms with Gasteiger partial charge in [-0.15, -0.1) is 0 Å². The zero-order valence-corrected chi connectivity index (χ0v) is 16.6. The molecule has 1 aromatic heterocycles. The first-order valence-corrected chi connectivity index (χ1v) is 9.73. The van der Waals surface area contributed by atoms with Crippen molar-refractivity contribution >= 4 is 23.2 Å². The second-order valence-corrected chi connectivity index (χ2v) is 7.02. The summed E-state index contributed by atoms with van der Waals surface area (Å²) in [5, 5.41) is 11.6. The summed E-state index contributed by atoms with van der Waals surface area (Å²) in [5.74, 6) is 0.190. The van der Waals surface area contributed by atoms with Crippen molar-refractivity contribution in [3.05, 3.63) is 54.2 Å². The molecule has 2 aliphatic heterocycles. The molecule has 0 unspecified atom stereocenters. The van der Waals surface area contributed by atoms with Crippen LogP contribution in [0.2, 0.25) is 0 Å². The standard InChI is InChI=1S/C21H16FN5O5/c22-13-3-1-2-4-14(13)23-18(28)10-27-19(29)8-6-15(25-27)21-24-20(26-32-21)12-5-7-16-17(9-12)31-11-30-16/h1-5,7,9H,6,8,10-11H2,(H,23,28). The summed E-state index contributed by atoms with van der Waals surface area (Å²) in [7, 11) is 0. The number of nitrogens with one attached hydrogen (secondary N) is 1. The number of carbonyl (C=O) groups is 2. The van der Waals surface area contributed by atoms with Gasteiger partial charge in [-0.25, -0.2) is 9.40 Å². The molecule has 3 heterocycles. The zero-order chi connectivity index (χ0) is 22.1. The van der Waals surface area contributed by atoms with Crippen molar-refractivity contribution in [3.8, 4) is 22.9 Å². The largest absolute Gasteiger partial charge is 0.454 e. The summed E-state index contributed by atoms with van der Waals surface area (Å²) in [6.45, 7) is -0.221. The van der Waals surface area contributed by atoms with Gasteiger partial charge in [0.25, 0.3) is 5.89 Å². The maximum absolute atomic E-state index is 13.7. The lowest BCUT2D eigenvalue weighted by Gasteiger charge is -2.21. The molecule has 0 fully saturated rings. The number of amides is 2. The van der Waals surface area contributed by atoms with Crippen LogP contribution >= 0.6 is 0 Å². The Morgan fingerprint density at radius 2 is 1.97 bits per heavy atom. The van der Waals surface area contributed by atoms with Crippen molar-refractivity contribution in [1.82, 2.24) is 15.1 Å². The third-order valence-corrected chi connectivity index (χ3v) is 4.85. The number of anilines is 1. The highest BCUT2D eigenvalue weighted by molar-refractivity contribution is 6.02. The summed E-state index contributed by atoms with van der Waals surface area (Å²) in [5.41, 5.74) is 1.07. The number of para-hydroxylation sites is 1. The molecule has 2 aliphatic rings. The van der Waals surface area contributed by atoms with Crippen LogP contribution in [0.4, 0.5) is 10.1 Å². The molecule has 11 heteroatoms. The van der Waals surface area contributed by atoms with Crippen LogP contribution < -0.4 is 14.8 Å². The minimum absolute atomic E-state index is 0.0245. The fourth-order valence-electron chi connectivity index (χ4n) is 3.26. The second kappa shape index (κ2) is 8.10. The van der Waals surface area contributed by atoms with E-state index in [2.05, 4.69) is 20.6 Å². The van der Waals surface area contributed by atoms with Gasteiger partial charge < -0.3 is 19.3 Å². The predicted molar refractivity (Wildman–Crippen MR) is 108 cm³/mol. The molecule has 10 nitrogen and oxygen atoms in total. The van der Waals surface area contributed by atoms with Crippen LogP contribution in [0, 0.1) is 5.82 Å². The molecule has 5 rings (SSSR count). The van der Waals surface area contributed by atoms with Gasteiger partial charge in [-0.1, -0.05) is 17.3 Å². The molecular weight excluding hydrogens is 421 g/mol. The second-order valence-electron chi connectivity index (χ2n) is 7.02. The predicted octanol–water partition coefficient (Wildman–Crippen LogP) is 2.57. The topological polar surface area (TPSA) is 119 Å². The van der Waals surface area contributed by atoms with E-state index in [0.29, 0.717) is 28.6 Å². The molecule has 0 spiro atoms. The highest BCUT2D eigenvalue weighted by Crippen LogP contribution is 2.35. The molecule has 0 bridgehead atoms. The number of halogens is 1. The maximum atomic E-state index is 13.7. The summed E-state index contributed by atoms with van der Waals surface area (Å²) in [6, 6.07) is 11.0. The number of nitrogens with zero attached hydrogens (tertiary/aromatic N) is 4. The number of aromatic nitrogens is 2. The first-order valence-electron chi connectivity index (χ1n) is 9.73. The van der Waals surface area contributed by atoms with Crippen molar-refractivity contribution in [2.75, 3.05) is 18.7 Å². The molecule has 0 aliphatic carbocycles. The Balaban J connectivity index is 1.32. The molecule has 2 aromatic carbocycles. The molecule has 162 valence electrons. The fraction of sp³-hybridized carbons (Fsp3) is 0.190. The average Bonchev–Trinajstić information content (AvgIpc) is 3.46. The number of rotatable bonds is 5. The van der Waals surface area contributed by atoms with Gasteiger partial charge in [-0.2, -0.15) is 10.1 Å². The Bertz CT molecular complexity index is 1240. The average molecular weight is 437 g/mol. The highest BCUT2D eigenvalue weighted by atomic mass is 19.1. The normalized spacial score (nSPS) is 15.0. The van der Waals surface area contributed by atoms with E-state index in [1.54, 1.807) is 24.3 Å². The quantitative estimate of drug-likeness (QED) is 0.652. The van der Waals surface area contributed by atoms with Crippen LogP contribution in [0.15, 0.2) is 52.1 Å². The van der Waals surface area contributed by atoms with E-state index in [1.807, 2.05) is 0 Å². The van der Waals surface area contributed by atoms with Gasteiger partial charge in [0.2, 0.25) is 24.4 Å². The minimum atomic E-state index is -0.583. The molecule has 1 N–H and O–H groups in total. The van der Waals surface area contributed by atoms with Crippen LogP contribution in [-0.2, 0) is 9.59 Å². The summed E-state index contributed by atoms with van der Waals surface area (Å²) >= 11 is 0. The highest BCUT2D eigenvalue weighted by Gasteiger charge is 2.27. The van der Waals surface area contributed by atoms with E-state index >= 15 is 0 Å². The van der Waals surface area contributed by atoms with Crippen molar-refractivity contribution < 1.29 is 28.0 Å². The van der Waals surface area contributed by atoms with Crippen LogP contribution in [0.3, 0.4) is 0 Å². The first kappa shape index (κ1) is 19.7. The van der Waals surface area contributed by atoms with Crippen LogP contribution in [0.25, 0.3) is 11.4 Å². The number of hydrazone groups is 1. The molecule has 2 amide bonds. The van der Waals surface area contributed by atoms with E-state index < -0.39 is 11.7 Å². The monoisotopic (exact) mass is 437 g/mol. The SMILES string of the molecule is O=C(CN1N=C(c2nc(-c3ccc4c(c3)OCO4)no2)CCC1=O)Nc1ccccc1F. The van der Waals surface area contributed by atoms with Crippen LogP contribution in [0.1, 0.15) is 18.7 Å². The first-order chi connectivity index (χ1) is 15.6. The van der Waals surface area contributed by atoms with E-state index in [-0.39, 0.29) is 43.7 Å². The summed E-state index contributed by atoms with van der Waals surface area (Å²) in [4.78, 5) is 28.9. The number of ether oxygens (including phenoxy) is 2. The molecule has 0 radical (unpaired) electrons. The smallest absolute Gasteiger partial charge is 0.274 e. The minimum Gasteiger partial charge on any atom is -0.454 e. The Morgan fingerprint density at radius 3 is 2.84 bits per heavy atom. The number of carbonyl (C=O) groups excluding carboxylic acids is 2. The van der Waals surface area contributed by atoms with Gasteiger partial charge >= 0.3 is 0 Å². The number of hydrogen-bond donors (Lipinski definition) is 1. The lowest BCUT2D eigenvalue weighted by atomic mass is 10.1. The summed E-state index contributed by atoms with van der Waals surface area (Å²) in [6.07, 6.45) is 0.403. The number of hydrogen-bond acceptors (Lipinski definition) is 8. The van der Waals surface area contributed by atoms with Gasteiger partial charge in [-0.05, 0) is 30.3 Å². The number of fused-ring (bicyclic) bond motifs is 1. The Morgan fingerprint density at radius 1 is 1.12 bits per heavy atom. The zero-order valence-electron chi connectivity index (χ0n) is 16.6. The van der Waals surface area contributed by atoms with Crippen molar-refractivity contribution in [2.24, 2.45) is 5.10 Å².